The van der Waals surface area contributed by atoms with Crippen molar-refractivity contribution < 1.29 is 34.2 Å². The van der Waals surface area contributed by atoms with Crippen LogP contribution in [0.25, 0.3) is 0 Å². The van der Waals surface area contributed by atoms with Crippen molar-refractivity contribution in [1.82, 2.24) is 15.5 Å². The van der Waals surface area contributed by atoms with Crippen LogP contribution in [0.1, 0.15) is 32.6 Å². The van der Waals surface area contributed by atoms with Gasteiger partial charge < -0.3 is 37.2 Å². The average Bonchev–Trinajstić information content (AvgIpc) is 3.11. The Balaban J connectivity index is 2.97. The Morgan fingerprint density at radius 1 is 1.21 bits per heavy atom. The minimum atomic E-state index is -1.38. The van der Waals surface area contributed by atoms with E-state index in [1.54, 1.807) is 0 Å². The topological polar surface area (TPSA) is 205 Å². The summed E-state index contributed by atoms with van der Waals surface area (Å²) >= 11 is 0. The van der Waals surface area contributed by atoms with Gasteiger partial charge in [-0.15, -0.1) is 0 Å². The summed E-state index contributed by atoms with van der Waals surface area (Å²) in [6.45, 7) is 1.05. The summed E-state index contributed by atoms with van der Waals surface area (Å²) in [4.78, 5) is 60.3. The number of aliphatic hydroxyl groups is 1. The van der Waals surface area contributed by atoms with Crippen LogP contribution >= 0.6 is 0 Å². The SMILES string of the molecule is CC(O)C(NC(=O)CN)C(=O)NC(CCC(N)=O)C(=O)N1CCCC1C(=O)O. The first kappa shape index (κ1) is 23.3. The first-order valence-corrected chi connectivity index (χ1v) is 8.88. The number of aliphatic carboxylic acids is 1. The van der Waals surface area contributed by atoms with Crippen LogP contribution in [-0.4, -0.2) is 82.0 Å². The smallest absolute Gasteiger partial charge is 0.326 e. The summed E-state index contributed by atoms with van der Waals surface area (Å²) < 4.78 is 0. The predicted molar refractivity (Wildman–Crippen MR) is 95.4 cm³/mol. The zero-order chi connectivity index (χ0) is 21.4. The monoisotopic (exact) mass is 401 g/mol. The minimum absolute atomic E-state index is 0.153. The third kappa shape index (κ3) is 6.46. The van der Waals surface area contributed by atoms with Gasteiger partial charge in [-0.05, 0) is 26.2 Å². The molecule has 4 amide bonds. The second-order valence-corrected chi connectivity index (χ2v) is 6.58. The Kier molecular flexibility index (Phi) is 8.79. The Morgan fingerprint density at radius 2 is 1.86 bits per heavy atom. The van der Waals surface area contributed by atoms with Gasteiger partial charge >= 0.3 is 5.97 Å². The molecule has 1 rings (SSSR count). The number of primary amides is 1. The van der Waals surface area contributed by atoms with E-state index < -0.39 is 60.4 Å². The zero-order valence-electron chi connectivity index (χ0n) is 15.6. The highest BCUT2D eigenvalue weighted by molar-refractivity contribution is 5.94. The number of likely N-dealkylation sites (tertiary alicyclic amines) is 1. The van der Waals surface area contributed by atoms with Crippen LogP contribution in [0.3, 0.4) is 0 Å². The van der Waals surface area contributed by atoms with Gasteiger partial charge in [-0.3, -0.25) is 19.2 Å². The number of hydrogen-bond acceptors (Lipinski definition) is 7. The molecule has 0 aromatic heterocycles. The van der Waals surface area contributed by atoms with Crippen molar-refractivity contribution in [3.05, 3.63) is 0 Å². The van der Waals surface area contributed by atoms with Crippen molar-refractivity contribution in [1.29, 1.82) is 0 Å². The van der Waals surface area contributed by atoms with Gasteiger partial charge in [0.2, 0.25) is 23.6 Å². The molecule has 12 nitrogen and oxygen atoms in total. The third-order valence-electron chi connectivity index (χ3n) is 4.38. The normalized spacial score (nSPS) is 19.4. The van der Waals surface area contributed by atoms with E-state index in [4.69, 9.17) is 11.5 Å². The highest BCUT2D eigenvalue weighted by Gasteiger charge is 2.38. The number of rotatable bonds is 10. The van der Waals surface area contributed by atoms with Gasteiger partial charge in [0.25, 0.3) is 0 Å². The quantitative estimate of drug-likeness (QED) is 0.217. The van der Waals surface area contributed by atoms with E-state index in [0.29, 0.717) is 6.42 Å². The molecular weight excluding hydrogens is 374 g/mol. The summed E-state index contributed by atoms with van der Waals surface area (Å²) in [7, 11) is 0. The van der Waals surface area contributed by atoms with E-state index in [1.165, 1.54) is 6.92 Å². The van der Waals surface area contributed by atoms with Crippen molar-refractivity contribution in [2.75, 3.05) is 13.1 Å². The van der Waals surface area contributed by atoms with Crippen LogP contribution in [0, 0.1) is 0 Å². The number of carboxylic acids is 1. The summed E-state index contributed by atoms with van der Waals surface area (Å²) in [5, 5.41) is 23.6. The van der Waals surface area contributed by atoms with Gasteiger partial charge in [0.15, 0.2) is 0 Å². The van der Waals surface area contributed by atoms with Crippen molar-refractivity contribution in [3.63, 3.8) is 0 Å². The number of carbonyl (C=O) groups is 5. The van der Waals surface area contributed by atoms with Crippen LogP contribution in [-0.2, 0) is 24.0 Å². The number of amides is 4. The van der Waals surface area contributed by atoms with Gasteiger partial charge in [0.05, 0.1) is 12.6 Å². The first-order chi connectivity index (χ1) is 13.1. The first-order valence-electron chi connectivity index (χ1n) is 8.88. The molecule has 0 aliphatic carbocycles. The van der Waals surface area contributed by atoms with Crippen LogP contribution in [0.2, 0.25) is 0 Å². The van der Waals surface area contributed by atoms with Crippen LogP contribution < -0.4 is 22.1 Å². The molecule has 0 spiro atoms. The molecule has 1 fully saturated rings. The van der Waals surface area contributed by atoms with Gasteiger partial charge in [0.1, 0.15) is 18.1 Å². The van der Waals surface area contributed by atoms with Crippen molar-refractivity contribution in [2.45, 2.75) is 56.8 Å². The van der Waals surface area contributed by atoms with Crippen molar-refractivity contribution in [3.8, 4) is 0 Å². The molecule has 4 unspecified atom stereocenters. The Morgan fingerprint density at radius 3 is 2.36 bits per heavy atom. The number of nitrogens with zero attached hydrogens (tertiary/aromatic N) is 1. The minimum Gasteiger partial charge on any atom is -0.480 e. The Labute approximate surface area is 161 Å². The molecule has 8 N–H and O–H groups in total. The van der Waals surface area contributed by atoms with Crippen LogP contribution in [0.5, 0.6) is 0 Å². The summed E-state index contributed by atoms with van der Waals surface area (Å²) in [6, 6.07) is -3.64. The number of nitrogens with two attached hydrogens (primary N) is 2. The third-order valence-corrected chi connectivity index (χ3v) is 4.38. The molecule has 1 heterocycles. The Hall–Kier alpha value is -2.73. The predicted octanol–water partition coefficient (Wildman–Crippen LogP) is -3.36. The fraction of sp³-hybridized carbons (Fsp3) is 0.688. The maximum absolute atomic E-state index is 12.8. The summed E-state index contributed by atoms with van der Waals surface area (Å²) in [6.07, 6.45) is -0.903. The lowest BCUT2D eigenvalue weighted by molar-refractivity contribution is -0.149. The van der Waals surface area contributed by atoms with E-state index in [2.05, 4.69) is 10.6 Å². The van der Waals surface area contributed by atoms with Gasteiger partial charge in [0, 0.05) is 13.0 Å². The largest absolute Gasteiger partial charge is 0.480 e. The van der Waals surface area contributed by atoms with E-state index in [-0.39, 0.29) is 25.8 Å². The van der Waals surface area contributed by atoms with Gasteiger partial charge in [-0.2, -0.15) is 0 Å². The van der Waals surface area contributed by atoms with E-state index in [0.717, 1.165) is 4.90 Å². The highest BCUT2D eigenvalue weighted by atomic mass is 16.4. The molecule has 4 atom stereocenters. The van der Waals surface area contributed by atoms with Crippen LogP contribution in [0.4, 0.5) is 0 Å². The van der Waals surface area contributed by atoms with E-state index in [9.17, 15) is 34.2 Å². The maximum atomic E-state index is 12.8. The average molecular weight is 401 g/mol. The lowest BCUT2D eigenvalue weighted by atomic mass is 10.1. The molecule has 1 aliphatic heterocycles. The molecule has 1 aliphatic rings. The molecule has 0 aromatic rings. The molecule has 0 saturated carbocycles. The molecular formula is C16H27N5O7. The molecule has 1 saturated heterocycles. The molecule has 28 heavy (non-hydrogen) atoms. The highest BCUT2D eigenvalue weighted by Crippen LogP contribution is 2.19. The molecule has 0 radical (unpaired) electrons. The number of hydrogen-bond donors (Lipinski definition) is 6. The van der Waals surface area contributed by atoms with Gasteiger partial charge in [-0.1, -0.05) is 0 Å². The summed E-state index contributed by atoms with van der Waals surface area (Å²) in [5.74, 6) is -4.10. The maximum Gasteiger partial charge on any atom is 0.326 e. The number of aliphatic hydroxyl groups excluding tert-OH is 1. The molecule has 0 aromatic carbocycles. The molecule has 0 bridgehead atoms. The number of nitrogens with one attached hydrogen (secondary N) is 2. The number of carboxylic acid groups (broad SMARTS) is 1. The zero-order valence-corrected chi connectivity index (χ0v) is 15.6. The fourth-order valence-electron chi connectivity index (χ4n) is 2.93. The van der Waals surface area contributed by atoms with E-state index >= 15 is 0 Å². The van der Waals surface area contributed by atoms with E-state index in [1.807, 2.05) is 0 Å². The molecule has 12 heteroatoms. The fourth-order valence-corrected chi connectivity index (χ4v) is 2.93. The van der Waals surface area contributed by atoms with Crippen molar-refractivity contribution >= 4 is 29.6 Å². The molecule has 158 valence electrons. The number of carbonyl (C=O) groups excluding carboxylic acids is 4. The van der Waals surface area contributed by atoms with Crippen LogP contribution in [0.15, 0.2) is 0 Å². The lowest BCUT2D eigenvalue weighted by Gasteiger charge is -2.29. The lowest BCUT2D eigenvalue weighted by Crippen LogP contribution is -2.58. The van der Waals surface area contributed by atoms with Gasteiger partial charge in [-0.25, -0.2) is 4.79 Å². The Bertz CT molecular complexity index is 625. The second kappa shape index (κ2) is 10.6. The second-order valence-electron chi connectivity index (χ2n) is 6.58. The standard InChI is InChI=1S/C16H27N5O7/c1-8(22)13(20-12(24)7-17)14(25)19-9(4-5-11(18)23)15(26)21-6-2-3-10(21)16(27)28/h8-10,13,22H,2-7,17H2,1H3,(H2,18,23)(H,19,25)(H,20,24)(H,27,28). The van der Waals surface area contributed by atoms with Crippen molar-refractivity contribution in [2.24, 2.45) is 11.5 Å². The summed E-state index contributed by atoms with van der Waals surface area (Å²) in [5.41, 5.74) is 10.3.